The highest BCUT2D eigenvalue weighted by molar-refractivity contribution is 7.89. The highest BCUT2D eigenvalue weighted by atomic mass is 32.2. The number of hydrogen-bond donors (Lipinski definition) is 1. The molecule has 25 heavy (non-hydrogen) atoms. The first-order valence-electron chi connectivity index (χ1n) is 9.22. The number of carbonyl (C=O) groups excluding carboxylic acids is 1. The van der Waals surface area contributed by atoms with Crippen molar-refractivity contribution in [3.05, 3.63) is 35.9 Å². The molecule has 1 atom stereocenters. The first-order chi connectivity index (χ1) is 11.9. The van der Waals surface area contributed by atoms with Crippen molar-refractivity contribution in [2.24, 2.45) is 5.92 Å². The van der Waals surface area contributed by atoms with Crippen molar-refractivity contribution in [1.82, 2.24) is 9.62 Å². The minimum absolute atomic E-state index is 0.0401. The molecule has 0 unspecified atom stereocenters. The van der Waals surface area contributed by atoms with Gasteiger partial charge < -0.3 is 4.90 Å². The summed E-state index contributed by atoms with van der Waals surface area (Å²) < 4.78 is 27.5. The van der Waals surface area contributed by atoms with Crippen LogP contribution in [0.5, 0.6) is 0 Å². The lowest BCUT2D eigenvalue weighted by Crippen LogP contribution is -2.52. The van der Waals surface area contributed by atoms with Gasteiger partial charge in [-0.3, -0.25) is 4.79 Å². The summed E-state index contributed by atoms with van der Waals surface area (Å²) in [6.07, 6.45) is 4.40. The quantitative estimate of drug-likeness (QED) is 0.769. The number of piperidine rings is 1. The second kappa shape index (κ2) is 9.34. The Hall–Kier alpha value is -1.40. The van der Waals surface area contributed by atoms with Crippen LogP contribution in [-0.4, -0.2) is 44.1 Å². The summed E-state index contributed by atoms with van der Waals surface area (Å²) >= 11 is 0. The molecule has 2 rings (SSSR count). The number of benzene rings is 1. The van der Waals surface area contributed by atoms with Crippen LogP contribution in [0.2, 0.25) is 0 Å². The normalized spacial score (nSPS) is 16.8. The number of sulfonamides is 1. The highest BCUT2D eigenvalue weighted by Crippen LogP contribution is 2.14. The molecule has 140 valence electrons. The second-order valence-corrected chi connectivity index (χ2v) is 9.01. The Labute approximate surface area is 151 Å². The van der Waals surface area contributed by atoms with Gasteiger partial charge in [-0.15, -0.1) is 0 Å². The van der Waals surface area contributed by atoms with Crippen molar-refractivity contribution >= 4 is 15.9 Å². The van der Waals surface area contributed by atoms with Gasteiger partial charge in [0, 0.05) is 13.1 Å². The molecule has 0 aliphatic carbocycles. The summed E-state index contributed by atoms with van der Waals surface area (Å²) in [5.74, 6) is -0.113. The molecule has 1 heterocycles. The monoisotopic (exact) mass is 366 g/mol. The summed E-state index contributed by atoms with van der Waals surface area (Å²) in [6.45, 7) is 5.24. The number of likely N-dealkylation sites (tertiary alicyclic amines) is 1. The molecule has 1 aliphatic rings. The van der Waals surface area contributed by atoms with E-state index in [4.69, 9.17) is 0 Å². The van der Waals surface area contributed by atoms with E-state index in [1.165, 1.54) is 0 Å². The Morgan fingerprint density at radius 3 is 2.36 bits per heavy atom. The molecule has 0 spiro atoms. The molecular weight excluding hydrogens is 336 g/mol. The van der Waals surface area contributed by atoms with E-state index < -0.39 is 16.1 Å². The maximum absolute atomic E-state index is 12.7. The van der Waals surface area contributed by atoms with E-state index in [1.54, 1.807) is 4.90 Å². The Morgan fingerprint density at radius 2 is 1.76 bits per heavy atom. The Kier molecular flexibility index (Phi) is 7.44. The minimum atomic E-state index is -3.48. The number of amides is 1. The fraction of sp³-hybridized carbons (Fsp3) is 0.632. The zero-order valence-corrected chi connectivity index (χ0v) is 16.1. The van der Waals surface area contributed by atoms with Crippen molar-refractivity contribution < 1.29 is 13.2 Å². The Balaban J connectivity index is 1.91. The van der Waals surface area contributed by atoms with Gasteiger partial charge in [-0.25, -0.2) is 13.1 Å². The summed E-state index contributed by atoms with van der Waals surface area (Å²) in [5.41, 5.74) is 1.13. The molecule has 1 aromatic rings. The molecule has 1 N–H and O–H groups in total. The van der Waals surface area contributed by atoms with Crippen LogP contribution < -0.4 is 4.72 Å². The average molecular weight is 367 g/mol. The second-order valence-electron chi connectivity index (χ2n) is 7.13. The first-order valence-corrected chi connectivity index (χ1v) is 10.9. The molecule has 0 radical (unpaired) electrons. The maximum atomic E-state index is 12.7. The molecule has 0 saturated carbocycles. The molecule has 0 aromatic heterocycles. The average Bonchev–Trinajstić information content (AvgIpc) is 2.60. The standard InChI is InChI=1S/C19H30N2O3S/c1-16(2)18(19(22)21-13-7-4-8-14-21)20-25(23,24)15-9-12-17-10-5-3-6-11-17/h3,5-6,10-11,16,18,20H,4,7-9,12-15H2,1-2H3/t18-/m1/s1. The van der Waals surface area contributed by atoms with Crippen LogP contribution in [-0.2, 0) is 21.2 Å². The molecular formula is C19H30N2O3S. The van der Waals surface area contributed by atoms with Crippen molar-refractivity contribution in [1.29, 1.82) is 0 Å². The first kappa shape index (κ1) is 19.9. The largest absolute Gasteiger partial charge is 0.341 e. The number of nitrogens with one attached hydrogen (secondary N) is 1. The number of rotatable bonds is 8. The van der Waals surface area contributed by atoms with Crippen LogP contribution in [0, 0.1) is 5.92 Å². The highest BCUT2D eigenvalue weighted by Gasteiger charge is 2.31. The third kappa shape index (κ3) is 6.44. The van der Waals surface area contributed by atoms with Gasteiger partial charge in [-0.1, -0.05) is 44.2 Å². The SMILES string of the molecule is CC(C)[C@@H](NS(=O)(=O)CCCc1ccccc1)C(=O)N1CCCCC1. The van der Waals surface area contributed by atoms with Gasteiger partial charge in [0.2, 0.25) is 15.9 Å². The molecule has 0 bridgehead atoms. The van der Waals surface area contributed by atoms with Crippen molar-refractivity contribution in [3.8, 4) is 0 Å². The molecule has 1 aromatic carbocycles. The maximum Gasteiger partial charge on any atom is 0.241 e. The zero-order chi connectivity index (χ0) is 18.3. The molecule has 1 aliphatic heterocycles. The summed E-state index contributed by atoms with van der Waals surface area (Å²) in [5, 5.41) is 0. The van der Waals surface area contributed by atoms with Crippen molar-refractivity contribution in [2.75, 3.05) is 18.8 Å². The molecule has 1 saturated heterocycles. The van der Waals surface area contributed by atoms with E-state index in [9.17, 15) is 13.2 Å². The predicted octanol–water partition coefficient (Wildman–Crippen LogP) is 2.58. The van der Waals surface area contributed by atoms with E-state index in [2.05, 4.69) is 4.72 Å². The predicted molar refractivity (Wildman–Crippen MR) is 101 cm³/mol. The smallest absolute Gasteiger partial charge is 0.241 e. The van der Waals surface area contributed by atoms with Crippen molar-refractivity contribution in [3.63, 3.8) is 0 Å². The zero-order valence-electron chi connectivity index (χ0n) is 15.3. The van der Waals surface area contributed by atoms with Crippen LogP contribution in [0.1, 0.15) is 45.1 Å². The van der Waals surface area contributed by atoms with Crippen LogP contribution >= 0.6 is 0 Å². The van der Waals surface area contributed by atoms with E-state index in [0.29, 0.717) is 12.8 Å². The van der Waals surface area contributed by atoms with Gasteiger partial charge in [0.15, 0.2) is 0 Å². The number of aryl methyl sites for hydroxylation is 1. The van der Waals surface area contributed by atoms with Gasteiger partial charge in [-0.2, -0.15) is 0 Å². The van der Waals surface area contributed by atoms with Crippen LogP contribution in [0.25, 0.3) is 0 Å². The van der Waals surface area contributed by atoms with Crippen molar-refractivity contribution in [2.45, 2.75) is 52.0 Å². The molecule has 5 nitrogen and oxygen atoms in total. The fourth-order valence-corrected chi connectivity index (χ4v) is 4.55. The lowest BCUT2D eigenvalue weighted by atomic mass is 10.0. The van der Waals surface area contributed by atoms with Gasteiger partial charge >= 0.3 is 0 Å². The number of carbonyl (C=O) groups is 1. The van der Waals surface area contributed by atoms with Gasteiger partial charge in [-0.05, 0) is 43.6 Å². The van der Waals surface area contributed by atoms with Gasteiger partial charge in [0.05, 0.1) is 5.75 Å². The van der Waals surface area contributed by atoms with Crippen LogP contribution in [0.15, 0.2) is 30.3 Å². The van der Waals surface area contributed by atoms with E-state index in [-0.39, 0.29) is 17.6 Å². The molecule has 1 fully saturated rings. The Bertz CT molecular complexity index is 638. The third-order valence-corrected chi connectivity index (χ3v) is 6.07. The Morgan fingerprint density at radius 1 is 1.12 bits per heavy atom. The minimum Gasteiger partial charge on any atom is -0.341 e. The lowest BCUT2D eigenvalue weighted by molar-refractivity contribution is -0.134. The summed E-state index contributed by atoms with van der Waals surface area (Å²) in [4.78, 5) is 14.5. The summed E-state index contributed by atoms with van der Waals surface area (Å²) in [6, 6.07) is 9.18. The van der Waals surface area contributed by atoms with Gasteiger partial charge in [0.25, 0.3) is 0 Å². The van der Waals surface area contributed by atoms with E-state index >= 15 is 0 Å². The lowest BCUT2D eigenvalue weighted by Gasteiger charge is -2.32. The topological polar surface area (TPSA) is 66.5 Å². The third-order valence-electron chi connectivity index (χ3n) is 4.63. The number of nitrogens with zero attached hydrogens (tertiary/aromatic N) is 1. The van der Waals surface area contributed by atoms with E-state index in [1.807, 2.05) is 44.2 Å². The van der Waals surface area contributed by atoms with Crippen LogP contribution in [0.4, 0.5) is 0 Å². The van der Waals surface area contributed by atoms with E-state index in [0.717, 1.165) is 37.9 Å². The fourth-order valence-electron chi connectivity index (χ4n) is 3.15. The summed E-state index contributed by atoms with van der Waals surface area (Å²) in [7, 11) is -3.48. The van der Waals surface area contributed by atoms with Crippen LogP contribution in [0.3, 0.4) is 0 Å². The molecule has 6 heteroatoms. The number of hydrogen-bond acceptors (Lipinski definition) is 3. The molecule has 1 amide bonds. The van der Waals surface area contributed by atoms with Gasteiger partial charge in [0.1, 0.15) is 6.04 Å².